The topological polar surface area (TPSA) is 103 Å². The van der Waals surface area contributed by atoms with Crippen LogP contribution in [0.25, 0.3) is 0 Å². The number of methoxy groups -OCH3 is 2. The minimum atomic E-state index is -1.60. The highest BCUT2D eigenvalue weighted by Crippen LogP contribution is 2.49. The number of benzene rings is 3. The zero-order chi connectivity index (χ0) is 32.4. The van der Waals surface area contributed by atoms with Crippen molar-refractivity contribution in [1.82, 2.24) is 4.67 Å². The number of nitriles is 1. The molecule has 1 aliphatic rings. The maximum absolute atomic E-state index is 11.1. The van der Waals surface area contributed by atoms with Crippen molar-refractivity contribution in [3.05, 3.63) is 95.6 Å². The Hall–Kier alpha value is -3.06. The molecule has 1 N–H and O–H groups in total. The molecule has 0 spiro atoms. The van der Waals surface area contributed by atoms with Crippen molar-refractivity contribution in [1.29, 1.82) is 5.26 Å². The van der Waals surface area contributed by atoms with Crippen molar-refractivity contribution in [3.63, 3.8) is 0 Å². The van der Waals surface area contributed by atoms with Crippen molar-refractivity contribution >= 4 is 8.53 Å². The zero-order valence-corrected chi connectivity index (χ0v) is 27.9. The first-order valence-corrected chi connectivity index (χ1v) is 16.4. The van der Waals surface area contributed by atoms with Gasteiger partial charge in [0.15, 0.2) is 0 Å². The Morgan fingerprint density at radius 3 is 1.91 bits per heavy atom. The van der Waals surface area contributed by atoms with Gasteiger partial charge in [0, 0.05) is 12.1 Å². The summed E-state index contributed by atoms with van der Waals surface area (Å²) < 4.78 is 39.0. The molecule has 45 heavy (non-hydrogen) atoms. The lowest BCUT2D eigenvalue weighted by Crippen LogP contribution is -2.42. The monoisotopic (exact) mass is 636 g/mol. The summed E-state index contributed by atoms with van der Waals surface area (Å²) in [6, 6.07) is 28.1. The van der Waals surface area contributed by atoms with Crippen LogP contribution in [0.4, 0.5) is 0 Å². The molecule has 4 rings (SSSR count). The average Bonchev–Trinajstić information content (AvgIpc) is 3.40. The third kappa shape index (κ3) is 8.21. The molecule has 4 atom stereocenters. The first-order chi connectivity index (χ1) is 21.7. The molecule has 0 amide bonds. The highest BCUT2D eigenvalue weighted by atomic mass is 31.2. The van der Waals surface area contributed by atoms with Gasteiger partial charge in [-0.25, -0.2) is 4.67 Å². The van der Waals surface area contributed by atoms with Crippen LogP contribution in [0.3, 0.4) is 0 Å². The Labute approximate surface area is 268 Å². The van der Waals surface area contributed by atoms with Gasteiger partial charge in [0.2, 0.25) is 0 Å². The van der Waals surface area contributed by atoms with Gasteiger partial charge in [0.05, 0.1) is 46.5 Å². The van der Waals surface area contributed by atoms with Crippen LogP contribution in [-0.2, 0) is 24.1 Å². The Bertz CT molecular complexity index is 1290. The number of ether oxygens (including phenoxy) is 4. The van der Waals surface area contributed by atoms with Crippen LogP contribution in [0.5, 0.6) is 11.5 Å². The third-order valence-electron chi connectivity index (χ3n) is 7.74. The number of aliphatic hydroxyl groups excluding tert-OH is 1. The predicted octanol–water partition coefficient (Wildman–Crippen LogP) is 6.43. The number of aliphatic hydroxyl groups is 1. The quantitative estimate of drug-likeness (QED) is 0.108. The number of hydrogen-bond donors (Lipinski definition) is 1. The van der Waals surface area contributed by atoms with Crippen molar-refractivity contribution in [2.75, 3.05) is 34.0 Å². The fourth-order valence-electron chi connectivity index (χ4n) is 5.62. The van der Waals surface area contributed by atoms with Crippen molar-refractivity contribution in [2.45, 2.75) is 70.1 Å². The van der Waals surface area contributed by atoms with E-state index in [0.29, 0.717) is 0 Å². The third-order valence-corrected chi connectivity index (χ3v) is 9.87. The molecule has 0 aromatic heterocycles. The summed E-state index contributed by atoms with van der Waals surface area (Å²) in [6.45, 7) is 8.75. The molecular weight excluding hydrogens is 591 g/mol. The molecule has 0 radical (unpaired) electrons. The second kappa shape index (κ2) is 16.5. The van der Waals surface area contributed by atoms with Crippen molar-refractivity contribution in [3.8, 4) is 17.6 Å². The Morgan fingerprint density at radius 1 is 0.889 bits per heavy atom. The van der Waals surface area contributed by atoms with E-state index in [2.05, 4.69) is 38.4 Å². The van der Waals surface area contributed by atoms with E-state index in [4.69, 9.17) is 33.3 Å². The molecule has 9 nitrogen and oxygen atoms in total. The summed E-state index contributed by atoms with van der Waals surface area (Å²) in [4.78, 5) is 0. The zero-order valence-electron chi connectivity index (χ0n) is 27.0. The SMILES string of the molecule is COc1ccc(C(OCC2OCC(O)C2OP(OCCC#N)N(C(C)C)C(C)C)(c2ccccc2)c2ccc(OC)cc2)cc1. The summed E-state index contributed by atoms with van der Waals surface area (Å²) in [7, 11) is 1.68. The maximum atomic E-state index is 11.1. The second-order valence-electron chi connectivity index (χ2n) is 11.4. The number of rotatable bonds is 16. The minimum Gasteiger partial charge on any atom is -0.497 e. The van der Waals surface area contributed by atoms with Crippen LogP contribution < -0.4 is 9.47 Å². The van der Waals surface area contributed by atoms with Gasteiger partial charge in [-0.2, -0.15) is 5.26 Å². The fraction of sp³-hybridized carbons (Fsp3) is 0.457. The molecule has 3 aromatic rings. The second-order valence-corrected chi connectivity index (χ2v) is 12.8. The van der Waals surface area contributed by atoms with E-state index < -0.39 is 32.4 Å². The first-order valence-electron chi connectivity index (χ1n) is 15.3. The normalized spacial score (nSPS) is 19.2. The summed E-state index contributed by atoms with van der Waals surface area (Å²) in [5, 5.41) is 20.2. The van der Waals surface area contributed by atoms with Gasteiger partial charge in [-0.3, -0.25) is 0 Å². The molecule has 1 aliphatic heterocycles. The molecule has 242 valence electrons. The fourth-order valence-corrected chi connectivity index (χ4v) is 7.41. The average molecular weight is 637 g/mol. The van der Waals surface area contributed by atoms with E-state index in [9.17, 15) is 5.11 Å². The standard InChI is InChI=1S/C35H45N2O7P/c1-25(2)37(26(3)4)45(43-22-10-21-36)44-34-32(38)23-41-33(34)24-42-35(27-11-8-7-9-12-27,28-13-17-30(39-5)18-14-28)29-15-19-31(40-6)20-16-29/h7-9,11-20,25-26,32-34,38H,10,22-24H2,1-6H3. The highest BCUT2D eigenvalue weighted by Gasteiger charge is 2.45. The molecule has 0 aliphatic carbocycles. The van der Waals surface area contributed by atoms with Gasteiger partial charge < -0.3 is 33.1 Å². The van der Waals surface area contributed by atoms with E-state index in [0.717, 1.165) is 28.2 Å². The highest BCUT2D eigenvalue weighted by molar-refractivity contribution is 7.44. The molecule has 1 saturated heterocycles. The molecule has 0 bridgehead atoms. The Morgan fingerprint density at radius 2 is 1.42 bits per heavy atom. The van der Waals surface area contributed by atoms with Crippen LogP contribution in [0, 0.1) is 11.3 Å². The minimum absolute atomic E-state index is 0.104. The van der Waals surface area contributed by atoms with Crippen LogP contribution >= 0.6 is 8.53 Å². The van der Waals surface area contributed by atoms with Gasteiger partial charge in [0.1, 0.15) is 35.4 Å². The van der Waals surface area contributed by atoms with Gasteiger partial charge in [-0.1, -0.05) is 54.6 Å². The van der Waals surface area contributed by atoms with Gasteiger partial charge in [0.25, 0.3) is 8.53 Å². The number of nitrogens with zero attached hydrogens (tertiary/aromatic N) is 2. The Balaban J connectivity index is 1.72. The largest absolute Gasteiger partial charge is 0.497 e. The van der Waals surface area contributed by atoms with Crippen molar-refractivity contribution in [2.24, 2.45) is 0 Å². The lowest BCUT2D eigenvalue weighted by molar-refractivity contribution is -0.0694. The van der Waals surface area contributed by atoms with Crippen LogP contribution in [-0.4, -0.2) is 74.2 Å². The molecular formula is C35H45N2O7P. The molecule has 1 heterocycles. The van der Waals surface area contributed by atoms with Gasteiger partial charge >= 0.3 is 0 Å². The van der Waals surface area contributed by atoms with Gasteiger partial charge in [-0.05, 0) is 68.7 Å². The summed E-state index contributed by atoms with van der Waals surface area (Å²) >= 11 is 0. The summed E-state index contributed by atoms with van der Waals surface area (Å²) in [5.41, 5.74) is 1.66. The Kier molecular flexibility index (Phi) is 12.8. The van der Waals surface area contributed by atoms with Crippen LogP contribution in [0.1, 0.15) is 50.8 Å². The predicted molar refractivity (Wildman–Crippen MR) is 174 cm³/mol. The van der Waals surface area contributed by atoms with Crippen molar-refractivity contribution < 1.29 is 33.1 Å². The van der Waals surface area contributed by atoms with Gasteiger partial charge in [-0.15, -0.1) is 0 Å². The number of hydrogen-bond acceptors (Lipinski definition) is 9. The van der Waals surface area contributed by atoms with E-state index in [1.807, 2.05) is 78.9 Å². The maximum Gasteiger partial charge on any atom is 0.259 e. The van der Waals surface area contributed by atoms with E-state index >= 15 is 0 Å². The first kappa shape index (κ1) is 34.8. The smallest absolute Gasteiger partial charge is 0.259 e. The molecule has 4 unspecified atom stereocenters. The molecule has 0 saturated carbocycles. The van der Waals surface area contributed by atoms with E-state index in [1.165, 1.54) is 0 Å². The van der Waals surface area contributed by atoms with E-state index in [-0.39, 0.29) is 38.3 Å². The van der Waals surface area contributed by atoms with Crippen LogP contribution in [0.2, 0.25) is 0 Å². The molecule has 1 fully saturated rings. The summed E-state index contributed by atoms with van der Waals surface area (Å²) in [6.07, 6.45) is -1.94. The summed E-state index contributed by atoms with van der Waals surface area (Å²) in [5.74, 6) is 1.46. The molecule has 3 aromatic carbocycles. The molecule has 10 heteroatoms. The lowest BCUT2D eigenvalue weighted by Gasteiger charge is -2.39. The lowest BCUT2D eigenvalue weighted by atomic mass is 9.80. The van der Waals surface area contributed by atoms with E-state index in [1.54, 1.807) is 14.2 Å². The van der Waals surface area contributed by atoms with Crippen LogP contribution in [0.15, 0.2) is 78.9 Å².